The first-order chi connectivity index (χ1) is 18.3. The minimum absolute atomic E-state index is 0.0253. The minimum atomic E-state index is -3.72. The Morgan fingerprint density at radius 2 is 1.82 bits per heavy atom. The number of anilines is 1. The van der Waals surface area contributed by atoms with Crippen LogP contribution in [0.25, 0.3) is 0 Å². The summed E-state index contributed by atoms with van der Waals surface area (Å²) in [5.74, 6) is 0.213. The molecule has 11 heteroatoms. The number of amides is 2. The normalized spacial score (nSPS) is 21.7. The van der Waals surface area contributed by atoms with E-state index < -0.39 is 15.6 Å². The molecule has 1 spiro atoms. The van der Waals surface area contributed by atoms with E-state index in [0.717, 1.165) is 18.5 Å². The predicted molar refractivity (Wildman–Crippen MR) is 141 cm³/mol. The lowest BCUT2D eigenvalue weighted by Crippen LogP contribution is -2.57. The molecule has 1 N–H and O–H groups in total. The Kier molecular flexibility index (Phi) is 7.60. The zero-order chi connectivity index (χ0) is 26.8. The summed E-state index contributed by atoms with van der Waals surface area (Å²) in [5, 5.41) is 2.90. The van der Waals surface area contributed by atoms with Gasteiger partial charge in [-0.05, 0) is 62.1 Å². The largest absolute Gasteiger partial charge is 0.497 e. The van der Waals surface area contributed by atoms with Crippen molar-refractivity contribution in [1.82, 2.24) is 14.5 Å². The Morgan fingerprint density at radius 1 is 1.11 bits per heavy atom. The van der Waals surface area contributed by atoms with Gasteiger partial charge in [0.2, 0.25) is 21.8 Å². The smallest absolute Gasteiger partial charge is 0.250 e. The number of rotatable bonds is 8. The summed E-state index contributed by atoms with van der Waals surface area (Å²) in [5.41, 5.74) is -0.0446. The van der Waals surface area contributed by atoms with Gasteiger partial charge in [-0.15, -0.1) is 0 Å². The van der Waals surface area contributed by atoms with Gasteiger partial charge in [0, 0.05) is 31.9 Å². The molecule has 3 heterocycles. The van der Waals surface area contributed by atoms with Gasteiger partial charge in [0.25, 0.3) is 0 Å². The van der Waals surface area contributed by atoms with Crippen molar-refractivity contribution in [2.75, 3.05) is 51.5 Å². The quantitative estimate of drug-likeness (QED) is 0.542. The van der Waals surface area contributed by atoms with Crippen LogP contribution < -0.4 is 15.0 Å². The Balaban J connectivity index is 1.31. The number of ether oxygens (including phenoxy) is 2. The highest BCUT2D eigenvalue weighted by atomic mass is 32.2. The van der Waals surface area contributed by atoms with Crippen molar-refractivity contribution in [3.8, 4) is 5.75 Å². The van der Waals surface area contributed by atoms with Crippen LogP contribution in [0.4, 0.5) is 5.69 Å². The first-order valence-electron chi connectivity index (χ1n) is 13.0. The average molecular weight is 543 g/mol. The molecule has 38 heavy (non-hydrogen) atoms. The Morgan fingerprint density at radius 3 is 2.45 bits per heavy atom. The molecule has 0 aromatic heterocycles. The number of piperidine rings is 1. The van der Waals surface area contributed by atoms with E-state index >= 15 is 0 Å². The average Bonchev–Trinajstić information content (AvgIpc) is 3.56. The maximum absolute atomic E-state index is 13.9. The maximum atomic E-state index is 13.9. The number of para-hydroxylation sites is 1. The highest BCUT2D eigenvalue weighted by Gasteiger charge is 2.55. The van der Waals surface area contributed by atoms with Crippen LogP contribution in [0.1, 0.15) is 25.7 Å². The highest BCUT2D eigenvalue weighted by molar-refractivity contribution is 7.89. The van der Waals surface area contributed by atoms with E-state index in [1.807, 2.05) is 35.2 Å². The number of nitrogens with zero attached hydrogens (tertiary/aromatic N) is 3. The highest BCUT2D eigenvalue weighted by Crippen LogP contribution is 2.40. The van der Waals surface area contributed by atoms with Gasteiger partial charge in [-0.1, -0.05) is 18.2 Å². The van der Waals surface area contributed by atoms with Crippen molar-refractivity contribution in [3.05, 3.63) is 54.6 Å². The topological polar surface area (TPSA) is 108 Å². The fourth-order valence-corrected chi connectivity index (χ4v) is 7.02. The van der Waals surface area contributed by atoms with Gasteiger partial charge < -0.3 is 24.6 Å². The molecule has 3 saturated heterocycles. The molecule has 3 aliphatic rings. The van der Waals surface area contributed by atoms with Gasteiger partial charge in [-0.3, -0.25) is 9.59 Å². The molecule has 1 atom stereocenters. The zero-order valence-electron chi connectivity index (χ0n) is 21.5. The Bertz CT molecular complexity index is 1240. The summed E-state index contributed by atoms with van der Waals surface area (Å²) >= 11 is 0. The molecule has 5 rings (SSSR count). The van der Waals surface area contributed by atoms with Crippen LogP contribution in [-0.4, -0.2) is 87.6 Å². The molecule has 3 aliphatic heterocycles. The second-order valence-electron chi connectivity index (χ2n) is 9.96. The summed E-state index contributed by atoms with van der Waals surface area (Å²) in [7, 11) is -2.19. The lowest BCUT2D eigenvalue weighted by molar-refractivity contribution is -0.137. The Labute approximate surface area is 223 Å². The maximum Gasteiger partial charge on any atom is 0.250 e. The molecule has 2 aromatic carbocycles. The summed E-state index contributed by atoms with van der Waals surface area (Å²) in [6.45, 7) is 1.76. The lowest BCUT2D eigenvalue weighted by atomic mass is 9.86. The first kappa shape index (κ1) is 26.5. The number of hydrogen-bond donors (Lipinski definition) is 1. The van der Waals surface area contributed by atoms with Crippen LogP contribution in [0.3, 0.4) is 0 Å². The van der Waals surface area contributed by atoms with Gasteiger partial charge in [-0.2, -0.15) is 4.31 Å². The van der Waals surface area contributed by atoms with E-state index in [0.29, 0.717) is 31.7 Å². The second-order valence-corrected chi connectivity index (χ2v) is 11.9. The Hall–Kier alpha value is -3.15. The molecule has 0 aliphatic carbocycles. The van der Waals surface area contributed by atoms with Crippen molar-refractivity contribution in [3.63, 3.8) is 0 Å². The minimum Gasteiger partial charge on any atom is -0.497 e. The molecule has 2 aromatic rings. The van der Waals surface area contributed by atoms with Gasteiger partial charge >= 0.3 is 0 Å². The number of sulfonamides is 1. The van der Waals surface area contributed by atoms with Crippen LogP contribution in [0.5, 0.6) is 5.75 Å². The van der Waals surface area contributed by atoms with Crippen LogP contribution in [0, 0.1) is 0 Å². The molecular weight excluding hydrogens is 508 g/mol. The first-order valence-corrected chi connectivity index (χ1v) is 14.4. The van der Waals surface area contributed by atoms with Gasteiger partial charge in [0.1, 0.15) is 17.8 Å². The van der Waals surface area contributed by atoms with Crippen molar-refractivity contribution < 1.29 is 27.5 Å². The standard InChI is InChI=1S/C27H34N4O6S/c1-36-22-9-11-24(12-10-22)38(34,35)30-15-13-27(14-16-30)26(33)29(20-31(27)21-6-3-2-4-7-21)19-25(32)28-18-23-8-5-17-37-23/h2-4,6-7,9-12,23H,5,8,13-20H2,1H3,(H,28,32)/t23-/m0/s1. The summed E-state index contributed by atoms with van der Waals surface area (Å²) in [6, 6.07) is 15.9. The third-order valence-electron chi connectivity index (χ3n) is 7.71. The number of carbonyl (C=O) groups excluding carboxylic acids is 2. The SMILES string of the molecule is COc1ccc(S(=O)(=O)N2CCC3(CC2)C(=O)N(CC(=O)NC[C@@H]2CCCO2)CN3c2ccccc2)cc1. The van der Waals surface area contributed by atoms with Crippen molar-refractivity contribution in [1.29, 1.82) is 0 Å². The molecule has 3 fully saturated rings. The van der Waals surface area contributed by atoms with E-state index in [1.165, 1.54) is 23.5 Å². The van der Waals surface area contributed by atoms with Gasteiger partial charge in [0.05, 0.1) is 24.8 Å². The summed E-state index contributed by atoms with van der Waals surface area (Å²) in [6.07, 6.45) is 2.58. The van der Waals surface area contributed by atoms with Crippen LogP contribution >= 0.6 is 0 Å². The molecule has 0 unspecified atom stereocenters. The van der Waals surface area contributed by atoms with E-state index in [1.54, 1.807) is 17.0 Å². The summed E-state index contributed by atoms with van der Waals surface area (Å²) < 4.78 is 38.8. The van der Waals surface area contributed by atoms with Crippen molar-refractivity contribution >= 4 is 27.5 Å². The van der Waals surface area contributed by atoms with Crippen molar-refractivity contribution in [2.45, 2.75) is 42.2 Å². The van der Waals surface area contributed by atoms with Crippen LogP contribution in [0.15, 0.2) is 59.5 Å². The van der Waals surface area contributed by atoms with E-state index in [9.17, 15) is 18.0 Å². The number of nitrogens with one attached hydrogen (secondary N) is 1. The molecule has 0 bridgehead atoms. The lowest BCUT2D eigenvalue weighted by Gasteiger charge is -2.42. The summed E-state index contributed by atoms with van der Waals surface area (Å²) in [4.78, 5) is 30.4. The van der Waals surface area contributed by atoms with Crippen LogP contribution in [0.2, 0.25) is 0 Å². The number of carbonyl (C=O) groups is 2. The van der Waals surface area contributed by atoms with E-state index in [-0.39, 0.29) is 49.1 Å². The third-order valence-corrected chi connectivity index (χ3v) is 9.63. The number of methoxy groups -OCH3 is 1. The fraction of sp³-hybridized carbons (Fsp3) is 0.481. The van der Waals surface area contributed by atoms with Gasteiger partial charge in [0.15, 0.2) is 0 Å². The predicted octanol–water partition coefficient (Wildman–Crippen LogP) is 1.82. The van der Waals surface area contributed by atoms with E-state index in [4.69, 9.17) is 9.47 Å². The molecular formula is C27H34N4O6S. The van der Waals surface area contributed by atoms with E-state index in [2.05, 4.69) is 5.32 Å². The number of hydrogen-bond acceptors (Lipinski definition) is 7. The van der Waals surface area contributed by atoms with Crippen molar-refractivity contribution in [2.24, 2.45) is 0 Å². The molecule has 10 nitrogen and oxygen atoms in total. The number of benzene rings is 2. The molecule has 2 amide bonds. The van der Waals surface area contributed by atoms with Crippen LogP contribution in [-0.2, 0) is 24.3 Å². The fourth-order valence-electron chi connectivity index (χ4n) is 5.58. The van der Waals surface area contributed by atoms with Gasteiger partial charge in [-0.25, -0.2) is 8.42 Å². The molecule has 204 valence electrons. The molecule has 0 radical (unpaired) electrons. The molecule has 0 saturated carbocycles. The zero-order valence-corrected chi connectivity index (χ0v) is 22.4. The second kappa shape index (κ2) is 10.9. The third kappa shape index (κ3) is 5.10. The monoisotopic (exact) mass is 542 g/mol.